The maximum absolute atomic E-state index is 13.2. The molecule has 3 aromatic rings. The van der Waals surface area contributed by atoms with Crippen LogP contribution in [-0.2, 0) is 22.0 Å². The Morgan fingerprint density at radius 3 is 2.13 bits per heavy atom. The molecule has 1 heterocycles. The Balaban J connectivity index is 1.86. The predicted octanol–water partition coefficient (Wildman–Crippen LogP) is 4.60. The molecule has 1 aliphatic rings. The smallest absolute Gasteiger partial charge is 0.282 e. The van der Waals surface area contributed by atoms with Crippen LogP contribution in [0.2, 0.25) is 0 Å². The summed E-state index contributed by atoms with van der Waals surface area (Å²) in [5.41, 5.74) is 3.33. The molecule has 3 aromatic carbocycles. The van der Waals surface area contributed by atoms with E-state index in [2.05, 4.69) is 40.6 Å². The Hall–Kier alpha value is -2.76. The molecule has 0 bridgehead atoms. The molecule has 0 radical (unpaired) electrons. The normalized spacial score (nSPS) is 21.2. The molecule has 0 spiro atoms. The van der Waals surface area contributed by atoms with Gasteiger partial charge in [0.05, 0.1) is 16.1 Å². The predicted molar refractivity (Wildman–Crippen MR) is 121 cm³/mol. The largest absolute Gasteiger partial charge is 0.291 e. The molecule has 1 saturated heterocycles. The Labute approximate surface area is 179 Å². The van der Waals surface area contributed by atoms with Crippen LogP contribution in [0, 0.1) is 6.92 Å². The lowest BCUT2D eigenvalue weighted by Gasteiger charge is -2.37. The highest BCUT2D eigenvalue weighted by atomic mass is 32.2. The number of benzene rings is 3. The third-order valence-corrected chi connectivity index (χ3v) is 7.25. The van der Waals surface area contributed by atoms with Crippen molar-refractivity contribution in [1.29, 1.82) is 0 Å². The molecule has 0 aromatic heterocycles. The number of nitrogens with zero attached hydrogens (tertiary/aromatic N) is 2. The summed E-state index contributed by atoms with van der Waals surface area (Å²) >= 11 is 0. The average Bonchev–Trinajstić information content (AvgIpc) is 3.05. The SMILES string of the molecule is Cc1ccc(S(=O)(=O)/N=C2\CCN(C)[C@]2(Cc2ccccc2)c2ccccc2)cc1. The van der Waals surface area contributed by atoms with Crippen molar-refractivity contribution in [2.24, 2.45) is 4.40 Å². The number of hydrogen-bond acceptors (Lipinski definition) is 3. The van der Waals surface area contributed by atoms with Crippen LogP contribution in [-0.4, -0.2) is 32.6 Å². The molecule has 0 unspecified atom stereocenters. The zero-order valence-electron chi connectivity index (χ0n) is 17.3. The summed E-state index contributed by atoms with van der Waals surface area (Å²) in [5.74, 6) is 0. The van der Waals surface area contributed by atoms with Crippen LogP contribution in [0.15, 0.2) is 94.2 Å². The monoisotopic (exact) mass is 418 g/mol. The highest BCUT2D eigenvalue weighted by Gasteiger charge is 2.46. The summed E-state index contributed by atoms with van der Waals surface area (Å²) < 4.78 is 30.8. The van der Waals surface area contributed by atoms with E-state index in [1.807, 2.05) is 55.5 Å². The van der Waals surface area contributed by atoms with Crippen LogP contribution in [0.4, 0.5) is 0 Å². The first-order chi connectivity index (χ1) is 14.4. The average molecular weight is 419 g/mol. The Kier molecular flexibility index (Phi) is 5.58. The quantitative estimate of drug-likeness (QED) is 0.609. The Morgan fingerprint density at radius 1 is 0.900 bits per heavy atom. The number of likely N-dealkylation sites (N-methyl/N-ethyl adjacent to an activating group) is 1. The van der Waals surface area contributed by atoms with E-state index < -0.39 is 15.6 Å². The fourth-order valence-electron chi connectivity index (χ4n) is 4.25. The molecule has 4 nitrogen and oxygen atoms in total. The molecule has 0 aliphatic carbocycles. The van der Waals surface area contributed by atoms with Crippen LogP contribution in [0.3, 0.4) is 0 Å². The van der Waals surface area contributed by atoms with Crippen LogP contribution in [0.5, 0.6) is 0 Å². The number of likely N-dealkylation sites (tertiary alicyclic amines) is 1. The Morgan fingerprint density at radius 2 is 1.50 bits per heavy atom. The van der Waals surface area contributed by atoms with E-state index in [4.69, 9.17) is 0 Å². The van der Waals surface area contributed by atoms with Gasteiger partial charge in [0.2, 0.25) is 0 Å². The van der Waals surface area contributed by atoms with Gasteiger partial charge in [0.15, 0.2) is 0 Å². The van der Waals surface area contributed by atoms with Crippen LogP contribution in [0.25, 0.3) is 0 Å². The van der Waals surface area contributed by atoms with Gasteiger partial charge in [-0.15, -0.1) is 0 Å². The molecule has 0 saturated carbocycles. The van der Waals surface area contributed by atoms with Crippen LogP contribution >= 0.6 is 0 Å². The number of hydrogen-bond donors (Lipinski definition) is 0. The minimum Gasteiger partial charge on any atom is -0.291 e. The maximum Gasteiger partial charge on any atom is 0.282 e. The summed E-state index contributed by atoms with van der Waals surface area (Å²) in [6.07, 6.45) is 1.28. The van der Waals surface area contributed by atoms with Crippen LogP contribution in [0.1, 0.15) is 23.1 Å². The second-order valence-electron chi connectivity index (χ2n) is 7.89. The molecular weight excluding hydrogens is 392 g/mol. The van der Waals surface area contributed by atoms with Crippen molar-refractivity contribution < 1.29 is 8.42 Å². The van der Waals surface area contributed by atoms with E-state index in [0.29, 0.717) is 18.6 Å². The maximum atomic E-state index is 13.2. The zero-order valence-corrected chi connectivity index (χ0v) is 18.1. The topological polar surface area (TPSA) is 49.7 Å². The summed E-state index contributed by atoms with van der Waals surface area (Å²) in [7, 11) is -1.74. The van der Waals surface area contributed by atoms with E-state index in [0.717, 1.165) is 23.2 Å². The van der Waals surface area contributed by atoms with Crippen molar-refractivity contribution in [3.05, 3.63) is 102 Å². The third kappa shape index (κ3) is 3.83. The van der Waals surface area contributed by atoms with Crippen molar-refractivity contribution in [1.82, 2.24) is 4.90 Å². The van der Waals surface area contributed by atoms with Gasteiger partial charge in [-0.2, -0.15) is 12.8 Å². The molecule has 1 fully saturated rings. The first kappa shape index (κ1) is 20.5. The summed E-state index contributed by atoms with van der Waals surface area (Å²) in [6, 6.07) is 27.2. The lowest BCUT2D eigenvalue weighted by Crippen LogP contribution is -2.45. The Bertz CT molecular complexity index is 1140. The van der Waals surface area contributed by atoms with Gasteiger partial charge in [0, 0.05) is 19.4 Å². The highest BCUT2D eigenvalue weighted by Crippen LogP contribution is 2.39. The van der Waals surface area contributed by atoms with Crippen LogP contribution < -0.4 is 0 Å². The summed E-state index contributed by atoms with van der Waals surface area (Å²) in [5, 5.41) is 0. The van der Waals surface area contributed by atoms with E-state index in [9.17, 15) is 8.42 Å². The summed E-state index contributed by atoms with van der Waals surface area (Å²) in [6.45, 7) is 2.69. The molecule has 1 atom stereocenters. The van der Waals surface area contributed by atoms with Gasteiger partial charge in [-0.1, -0.05) is 78.4 Å². The van der Waals surface area contributed by atoms with E-state index in [1.54, 1.807) is 12.1 Å². The minimum atomic E-state index is -3.79. The van der Waals surface area contributed by atoms with Crippen molar-refractivity contribution >= 4 is 15.7 Å². The van der Waals surface area contributed by atoms with Crippen molar-refractivity contribution in [2.45, 2.75) is 30.2 Å². The molecule has 0 amide bonds. The number of rotatable bonds is 5. The molecule has 5 heteroatoms. The second kappa shape index (κ2) is 8.17. The van der Waals surface area contributed by atoms with Gasteiger partial charge >= 0.3 is 0 Å². The van der Waals surface area contributed by atoms with E-state index in [-0.39, 0.29) is 4.90 Å². The van der Waals surface area contributed by atoms with Gasteiger partial charge in [-0.3, -0.25) is 4.90 Å². The molecule has 4 rings (SSSR count). The molecule has 154 valence electrons. The van der Waals surface area contributed by atoms with Crippen molar-refractivity contribution in [3.8, 4) is 0 Å². The number of aryl methyl sites for hydroxylation is 1. The van der Waals surface area contributed by atoms with Crippen molar-refractivity contribution in [3.63, 3.8) is 0 Å². The molecule has 30 heavy (non-hydrogen) atoms. The molecule has 0 N–H and O–H groups in total. The third-order valence-electron chi connectivity index (χ3n) is 5.92. The minimum absolute atomic E-state index is 0.233. The lowest BCUT2D eigenvalue weighted by molar-refractivity contribution is 0.224. The van der Waals surface area contributed by atoms with Gasteiger partial charge in [0.25, 0.3) is 10.0 Å². The summed E-state index contributed by atoms with van der Waals surface area (Å²) in [4.78, 5) is 2.47. The van der Waals surface area contributed by atoms with Gasteiger partial charge < -0.3 is 0 Å². The standard InChI is InChI=1S/C25H26N2O2S/c1-20-13-15-23(16-14-20)30(28,29)26-24-17-18-27(2)25(24,22-11-7-4-8-12-22)19-21-9-5-3-6-10-21/h3-16H,17-19H2,1-2H3/b26-24+/t25-/m1/s1. The van der Waals surface area contributed by atoms with Gasteiger partial charge in [-0.05, 0) is 37.2 Å². The zero-order chi connectivity index (χ0) is 21.2. The van der Waals surface area contributed by atoms with E-state index >= 15 is 0 Å². The first-order valence-electron chi connectivity index (χ1n) is 10.1. The molecule has 1 aliphatic heterocycles. The lowest BCUT2D eigenvalue weighted by atomic mass is 9.80. The highest BCUT2D eigenvalue weighted by molar-refractivity contribution is 7.90. The van der Waals surface area contributed by atoms with E-state index in [1.165, 1.54) is 0 Å². The fourth-order valence-corrected chi connectivity index (χ4v) is 5.37. The fraction of sp³-hybridized carbons (Fsp3) is 0.240. The van der Waals surface area contributed by atoms with Gasteiger partial charge in [-0.25, -0.2) is 0 Å². The van der Waals surface area contributed by atoms with Gasteiger partial charge in [0.1, 0.15) is 0 Å². The first-order valence-corrected chi connectivity index (χ1v) is 11.6. The second-order valence-corrected chi connectivity index (χ2v) is 9.49. The number of sulfonamides is 1. The molecular formula is C25H26N2O2S. The van der Waals surface area contributed by atoms with Crippen molar-refractivity contribution in [2.75, 3.05) is 13.6 Å².